The van der Waals surface area contributed by atoms with Crippen molar-refractivity contribution < 1.29 is 12.8 Å². The molecule has 0 aromatic heterocycles. The smallest absolute Gasteiger partial charge is 0.241 e. The summed E-state index contributed by atoms with van der Waals surface area (Å²) in [7, 11) is -3.58. The molecule has 0 spiro atoms. The Kier molecular flexibility index (Phi) is 5.94. The minimum atomic E-state index is -3.58. The standard InChI is InChI=1S/C13H19FN2O2S.ClH/c1-9-7-11(14)3-4-13(9)19(17,18)16-12-5-6-15-8-10(12)2;/h3-4,7,10,12,15-16H,5-6,8H2,1-2H3;1H. The fourth-order valence-electron chi connectivity index (χ4n) is 2.37. The number of sulfonamides is 1. The first-order valence-corrected chi connectivity index (χ1v) is 7.87. The van der Waals surface area contributed by atoms with Gasteiger partial charge in [0.05, 0.1) is 4.90 Å². The van der Waals surface area contributed by atoms with Crippen molar-refractivity contribution in [2.45, 2.75) is 31.2 Å². The van der Waals surface area contributed by atoms with Gasteiger partial charge in [0.15, 0.2) is 0 Å². The van der Waals surface area contributed by atoms with Crippen molar-refractivity contribution in [3.63, 3.8) is 0 Å². The summed E-state index contributed by atoms with van der Waals surface area (Å²) in [5.41, 5.74) is 0.425. The Morgan fingerprint density at radius 3 is 2.70 bits per heavy atom. The maximum Gasteiger partial charge on any atom is 0.241 e. The van der Waals surface area contributed by atoms with Crippen LogP contribution in [0.2, 0.25) is 0 Å². The molecule has 1 heterocycles. The van der Waals surface area contributed by atoms with Gasteiger partial charge in [0.1, 0.15) is 5.82 Å². The van der Waals surface area contributed by atoms with Gasteiger partial charge >= 0.3 is 0 Å². The van der Waals surface area contributed by atoms with Crippen molar-refractivity contribution in [1.29, 1.82) is 0 Å². The van der Waals surface area contributed by atoms with E-state index in [1.54, 1.807) is 6.92 Å². The summed E-state index contributed by atoms with van der Waals surface area (Å²) >= 11 is 0. The van der Waals surface area contributed by atoms with E-state index in [-0.39, 0.29) is 29.3 Å². The van der Waals surface area contributed by atoms with Crippen molar-refractivity contribution in [3.05, 3.63) is 29.6 Å². The van der Waals surface area contributed by atoms with Crippen LogP contribution in [0.5, 0.6) is 0 Å². The minimum Gasteiger partial charge on any atom is -0.316 e. The molecule has 0 amide bonds. The first kappa shape index (κ1) is 17.4. The second kappa shape index (κ2) is 6.85. The molecule has 1 aliphatic rings. The van der Waals surface area contributed by atoms with Crippen LogP contribution in [0.25, 0.3) is 0 Å². The molecular formula is C13H20ClFN2O2S. The van der Waals surface area contributed by atoms with Gasteiger partial charge in [0.2, 0.25) is 10.0 Å². The highest BCUT2D eigenvalue weighted by molar-refractivity contribution is 7.89. The molecular weight excluding hydrogens is 303 g/mol. The Bertz CT molecular complexity index is 565. The van der Waals surface area contributed by atoms with Crippen LogP contribution in [0.3, 0.4) is 0 Å². The molecule has 1 aromatic carbocycles. The molecule has 0 bridgehead atoms. The molecule has 2 N–H and O–H groups in total. The first-order valence-electron chi connectivity index (χ1n) is 6.39. The summed E-state index contributed by atoms with van der Waals surface area (Å²) in [6.07, 6.45) is 0.765. The highest BCUT2D eigenvalue weighted by Gasteiger charge is 2.27. The zero-order valence-electron chi connectivity index (χ0n) is 11.5. The van der Waals surface area contributed by atoms with E-state index in [0.717, 1.165) is 19.5 Å². The molecule has 7 heteroatoms. The van der Waals surface area contributed by atoms with Gasteiger partial charge in [-0.1, -0.05) is 6.92 Å². The summed E-state index contributed by atoms with van der Waals surface area (Å²) in [5.74, 6) is -0.184. The third-order valence-corrected chi connectivity index (χ3v) is 5.17. The van der Waals surface area contributed by atoms with E-state index in [1.165, 1.54) is 18.2 Å². The third-order valence-electron chi connectivity index (χ3n) is 3.52. The molecule has 0 aliphatic carbocycles. The van der Waals surface area contributed by atoms with E-state index >= 15 is 0 Å². The van der Waals surface area contributed by atoms with Crippen LogP contribution in [-0.2, 0) is 10.0 Å². The lowest BCUT2D eigenvalue weighted by Crippen LogP contribution is -2.48. The van der Waals surface area contributed by atoms with Gasteiger partial charge in [-0.2, -0.15) is 0 Å². The van der Waals surface area contributed by atoms with Crippen molar-refractivity contribution >= 4 is 22.4 Å². The van der Waals surface area contributed by atoms with E-state index in [1.807, 2.05) is 6.92 Å². The molecule has 2 unspecified atom stereocenters. The van der Waals surface area contributed by atoms with Crippen LogP contribution in [0.4, 0.5) is 4.39 Å². The summed E-state index contributed by atoms with van der Waals surface area (Å²) < 4.78 is 40.4. The van der Waals surface area contributed by atoms with E-state index in [9.17, 15) is 12.8 Å². The fraction of sp³-hybridized carbons (Fsp3) is 0.538. The number of hydrogen-bond donors (Lipinski definition) is 2. The van der Waals surface area contributed by atoms with Crippen LogP contribution in [0, 0.1) is 18.7 Å². The first-order chi connectivity index (χ1) is 8.90. The fourth-order valence-corrected chi connectivity index (χ4v) is 3.97. The van der Waals surface area contributed by atoms with E-state index in [0.29, 0.717) is 5.56 Å². The van der Waals surface area contributed by atoms with E-state index in [4.69, 9.17) is 0 Å². The Labute approximate surface area is 125 Å². The van der Waals surface area contributed by atoms with Crippen molar-refractivity contribution in [2.24, 2.45) is 5.92 Å². The van der Waals surface area contributed by atoms with Crippen molar-refractivity contribution in [1.82, 2.24) is 10.0 Å². The molecule has 1 saturated heterocycles. The van der Waals surface area contributed by atoms with Crippen LogP contribution >= 0.6 is 12.4 Å². The van der Waals surface area contributed by atoms with Crippen molar-refractivity contribution in [3.8, 4) is 0 Å². The summed E-state index contributed by atoms with van der Waals surface area (Å²) in [6, 6.07) is 3.66. The van der Waals surface area contributed by atoms with Gasteiger partial charge < -0.3 is 5.32 Å². The predicted octanol–water partition coefficient (Wildman–Crippen LogP) is 1.83. The second-order valence-electron chi connectivity index (χ2n) is 5.11. The van der Waals surface area contributed by atoms with Gasteiger partial charge in [-0.3, -0.25) is 0 Å². The molecule has 1 fully saturated rings. The molecule has 1 aromatic rings. The minimum absolute atomic E-state index is 0. The van der Waals surface area contributed by atoms with Gasteiger partial charge in [0.25, 0.3) is 0 Å². The molecule has 0 saturated carbocycles. The summed E-state index contributed by atoms with van der Waals surface area (Å²) in [6.45, 7) is 5.22. The quantitative estimate of drug-likeness (QED) is 0.892. The summed E-state index contributed by atoms with van der Waals surface area (Å²) in [5, 5.41) is 3.22. The number of aryl methyl sites for hydroxylation is 1. The number of rotatable bonds is 3. The third kappa shape index (κ3) is 3.91. The predicted molar refractivity (Wildman–Crippen MR) is 79.1 cm³/mol. The lowest BCUT2D eigenvalue weighted by atomic mass is 9.97. The van der Waals surface area contributed by atoms with Crippen LogP contribution < -0.4 is 10.0 Å². The maximum absolute atomic E-state index is 13.0. The van der Waals surface area contributed by atoms with Crippen molar-refractivity contribution in [2.75, 3.05) is 13.1 Å². The van der Waals surface area contributed by atoms with E-state index < -0.39 is 15.8 Å². The Balaban J connectivity index is 0.00000200. The lowest BCUT2D eigenvalue weighted by molar-refractivity contribution is 0.328. The molecule has 0 radical (unpaired) electrons. The monoisotopic (exact) mass is 322 g/mol. The van der Waals surface area contributed by atoms with E-state index in [2.05, 4.69) is 10.0 Å². The highest BCUT2D eigenvalue weighted by Crippen LogP contribution is 2.19. The molecule has 20 heavy (non-hydrogen) atoms. The number of piperidine rings is 1. The largest absolute Gasteiger partial charge is 0.316 e. The second-order valence-corrected chi connectivity index (χ2v) is 6.79. The highest BCUT2D eigenvalue weighted by atomic mass is 35.5. The average molecular weight is 323 g/mol. The lowest BCUT2D eigenvalue weighted by Gasteiger charge is -2.30. The zero-order valence-corrected chi connectivity index (χ0v) is 13.2. The number of benzene rings is 1. The summed E-state index contributed by atoms with van der Waals surface area (Å²) in [4.78, 5) is 0.152. The maximum atomic E-state index is 13.0. The topological polar surface area (TPSA) is 58.2 Å². The van der Waals surface area contributed by atoms with Gasteiger partial charge in [-0.05, 0) is 56.1 Å². The number of halogens is 2. The van der Waals surface area contributed by atoms with Crippen LogP contribution in [0.1, 0.15) is 18.9 Å². The molecule has 4 nitrogen and oxygen atoms in total. The average Bonchev–Trinajstić information content (AvgIpc) is 2.31. The molecule has 1 aliphatic heterocycles. The molecule has 114 valence electrons. The van der Waals surface area contributed by atoms with Crippen LogP contribution in [-0.4, -0.2) is 27.5 Å². The molecule has 2 atom stereocenters. The Morgan fingerprint density at radius 2 is 2.10 bits per heavy atom. The van der Waals surface area contributed by atoms with Gasteiger partial charge in [-0.15, -0.1) is 12.4 Å². The Hall–Kier alpha value is -0.690. The van der Waals surface area contributed by atoms with Crippen LogP contribution in [0.15, 0.2) is 23.1 Å². The van der Waals surface area contributed by atoms with Gasteiger partial charge in [-0.25, -0.2) is 17.5 Å². The zero-order chi connectivity index (χ0) is 14.0. The normalized spacial score (nSPS) is 23.1. The number of hydrogen-bond acceptors (Lipinski definition) is 3. The molecule has 2 rings (SSSR count). The SMILES string of the molecule is Cc1cc(F)ccc1S(=O)(=O)NC1CCNCC1C.Cl. The van der Waals surface area contributed by atoms with Gasteiger partial charge in [0, 0.05) is 6.04 Å². The Morgan fingerprint density at radius 1 is 1.40 bits per heavy atom. The number of nitrogens with one attached hydrogen (secondary N) is 2.